The lowest BCUT2D eigenvalue weighted by atomic mass is 10.1. The summed E-state index contributed by atoms with van der Waals surface area (Å²) in [5.74, 6) is 10.4. The quantitative estimate of drug-likeness (QED) is 0.0293. The number of likely N-dealkylation sites (tertiary alicyclic amines) is 2. The van der Waals surface area contributed by atoms with Crippen LogP contribution in [0.1, 0.15) is 68.2 Å². The maximum atomic E-state index is 12.3. The second kappa shape index (κ2) is 41.7. The van der Waals surface area contributed by atoms with Crippen LogP contribution in [0.25, 0.3) is 0 Å². The zero-order valence-electron chi connectivity index (χ0n) is 50.4. The number of aliphatic carboxylic acids is 2. The molecule has 4 aromatic rings. The molecule has 89 heavy (non-hydrogen) atoms. The van der Waals surface area contributed by atoms with Gasteiger partial charge in [-0.1, -0.05) is 74.1 Å². The monoisotopic (exact) mass is 1360 g/mol. The number of nitrogens with two attached hydrogens (primary N) is 4. The molecule has 480 valence electrons. The second-order valence-corrected chi connectivity index (χ2v) is 19.2. The van der Waals surface area contributed by atoms with Crippen LogP contribution in [0, 0.1) is 23.7 Å². The number of nitrogens with zero attached hydrogens (tertiary/aromatic N) is 6. The Morgan fingerprint density at radius 2 is 0.865 bits per heavy atom. The zero-order chi connectivity index (χ0) is 66.4. The Labute approximate surface area is 532 Å². The van der Waals surface area contributed by atoms with Crippen molar-refractivity contribution in [1.82, 2.24) is 29.4 Å². The number of amides is 4. The summed E-state index contributed by atoms with van der Waals surface area (Å²) in [5, 5.41) is 26.1. The van der Waals surface area contributed by atoms with Gasteiger partial charge in [0.25, 0.3) is 11.8 Å². The molecule has 0 unspecified atom stereocenters. The van der Waals surface area contributed by atoms with Gasteiger partial charge in [0, 0.05) is 112 Å². The Hall–Kier alpha value is -9.39. The molecule has 27 nitrogen and oxygen atoms in total. The number of rotatable bonds is 21. The molecule has 0 saturated carbocycles. The highest BCUT2D eigenvalue weighted by Crippen LogP contribution is 2.30. The number of carbonyl (C=O) groups excluding carboxylic acids is 5. The minimum atomic E-state index is -0.943. The van der Waals surface area contributed by atoms with E-state index in [1.807, 2.05) is 0 Å². The molecule has 0 bridgehead atoms. The first-order valence-corrected chi connectivity index (χ1v) is 28.7. The molecule has 0 radical (unpaired) electrons. The lowest BCUT2D eigenvalue weighted by Crippen LogP contribution is -2.28. The summed E-state index contributed by atoms with van der Waals surface area (Å²) in [6.45, 7) is 2.95. The van der Waals surface area contributed by atoms with Crippen molar-refractivity contribution in [1.29, 1.82) is 0 Å². The third-order valence-electron chi connectivity index (χ3n) is 11.8. The first-order chi connectivity index (χ1) is 42.6. The molecule has 0 aliphatic carbocycles. The number of methoxy groups -OCH3 is 8. The van der Waals surface area contributed by atoms with Gasteiger partial charge in [0.2, 0.25) is 11.8 Å². The van der Waals surface area contributed by atoms with E-state index in [-0.39, 0.29) is 64.0 Å². The van der Waals surface area contributed by atoms with E-state index >= 15 is 0 Å². The maximum Gasteiger partial charge on any atom is 0.330 e. The van der Waals surface area contributed by atoms with E-state index in [0.717, 1.165) is 12.2 Å². The van der Waals surface area contributed by atoms with E-state index in [4.69, 9.17) is 61.6 Å². The first-order valence-electron chi connectivity index (χ1n) is 26.5. The highest BCUT2D eigenvalue weighted by Gasteiger charge is 2.32. The minimum Gasteiger partial charge on any atom is -0.497 e. The van der Waals surface area contributed by atoms with Crippen molar-refractivity contribution in [2.75, 3.05) is 125 Å². The molecule has 2 saturated heterocycles. The fourth-order valence-corrected chi connectivity index (χ4v) is 8.09. The summed E-state index contributed by atoms with van der Waals surface area (Å²) in [5.41, 5.74) is 25.3. The number of hydrogen-bond acceptors (Lipinski definition) is 19. The summed E-state index contributed by atoms with van der Waals surface area (Å²) in [7, 11) is 12.1. The van der Waals surface area contributed by atoms with Crippen LogP contribution < -0.4 is 41.9 Å². The predicted molar refractivity (Wildman–Crippen MR) is 338 cm³/mol. The Kier molecular flexibility index (Phi) is 35.4. The van der Waals surface area contributed by atoms with E-state index in [2.05, 4.69) is 75.2 Å². The highest BCUT2D eigenvalue weighted by atomic mass is 79.9. The van der Waals surface area contributed by atoms with Gasteiger partial charge in [-0.05, 0) is 48.9 Å². The van der Waals surface area contributed by atoms with Gasteiger partial charge < -0.3 is 80.8 Å². The van der Waals surface area contributed by atoms with Crippen LogP contribution in [-0.4, -0.2) is 195 Å². The second-order valence-electron chi connectivity index (χ2n) is 17.9. The van der Waals surface area contributed by atoms with Crippen molar-refractivity contribution in [3.63, 3.8) is 0 Å². The van der Waals surface area contributed by atoms with Crippen molar-refractivity contribution in [2.24, 2.45) is 11.5 Å². The molecule has 10 N–H and O–H groups in total. The first kappa shape index (κ1) is 75.7. The van der Waals surface area contributed by atoms with Gasteiger partial charge in [-0.25, -0.2) is 23.7 Å². The number of carboxylic acid groups (broad SMARTS) is 2. The lowest BCUT2D eigenvalue weighted by Gasteiger charge is -2.15. The molecule has 6 rings (SSSR count). The smallest absolute Gasteiger partial charge is 0.330 e. The number of esters is 1. The van der Waals surface area contributed by atoms with Gasteiger partial charge in [0.15, 0.2) is 11.4 Å². The number of ether oxygens (including phenoxy) is 8. The summed E-state index contributed by atoms with van der Waals surface area (Å²) in [6, 6.07) is 9.99. The number of anilines is 2. The Bertz CT molecular complexity index is 3090. The molecule has 2 atom stereocenters. The van der Waals surface area contributed by atoms with Crippen LogP contribution in [0.2, 0.25) is 0 Å². The molecule has 2 aromatic carbocycles. The normalized spacial score (nSPS) is 14.0. The molecular weight excluding hydrogens is 1290 g/mol. The summed E-state index contributed by atoms with van der Waals surface area (Å²) in [6.07, 6.45) is 15.7. The summed E-state index contributed by atoms with van der Waals surface area (Å²) < 4.78 is 42.8. The number of nitrogen functional groups attached to an aromatic ring is 2. The van der Waals surface area contributed by atoms with Crippen molar-refractivity contribution in [3.8, 4) is 46.7 Å². The molecule has 29 heteroatoms. The number of allylic oxidation sites excluding steroid dienone is 2. The Balaban J connectivity index is 0.000000449. The minimum absolute atomic E-state index is 0.0575. The SMILES string of the molecule is COC(=O)/C=C/CBr.COC/C=C/C(=O)N1CC[C@H](n2nc(C#Cc3cc(OC)cc(OC)c3)c(C(N)=O)c2N)C1.COC/C=C/C(=O)N1CC[C@H](n2nc(C#Cc3cc(OC)cc(OC)c3)c(C(N)=O)c2N)C1.COC/C=C/C(=O)O.O=C(O)/C=C/CBr. The van der Waals surface area contributed by atoms with Crippen LogP contribution in [0.4, 0.5) is 11.6 Å². The number of primary amides is 2. The molecule has 0 spiro atoms. The number of benzene rings is 2. The van der Waals surface area contributed by atoms with Gasteiger partial charge in [0.1, 0.15) is 45.8 Å². The van der Waals surface area contributed by atoms with Crippen molar-refractivity contribution in [3.05, 3.63) is 131 Å². The standard InChI is InChI=1S/2C23H27N5O5.C5H7BrO2.C5H8O3.C4H5BrO2/c2*1-31-10-4-5-20(29)27-9-8-16(14-27)28-22(24)21(23(25)30)19(26-28)7-6-15-11-17(32-2)13-18(12-15)33-3;1-8-5(7)3-2-4-6;1-8-4-2-3-5(6)7;5-3-1-2-4(6)7/h2*4-5,11-13,16H,8-10,14,24H2,1-3H3,(H2,25,30);2-3H,4H2,1H3;2-3H,4H2,1H3,(H,6,7);1-2H,3H2,(H,6,7)/b2*5-4+;2*3-2+;2-1+/t2*16-;;;/m00.../s1. The fraction of sp³-hybridized carbons (Fsp3) is 0.350. The number of carbonyl (C=O) groups is 7. The number of hydrogen-bond donors (Lipinski definition) is 6. The van der Waals surface area contributed by atoms with E-state index in [9.17, 15) is 33.6 Å². The van der Waals surface area contributed by atoms with E-state index < -0.39 is 23.8 Å². The van der Waals surface area contributed by atoms with Crippen LogP contribution in [-0.2, 0) is 42.9 Å². The van der Waals surface area contributed by atoms with Crippen LogP contribution in [0.3, 0.4) is 0 Å². The van der Waals surface area contributed by atoms with Gasteiger partial charge in [-0.15, -0.1) is 0 Å². The molecule has 4 heterocycles. The average molecular weight is 1370 g/mol. The number of carboxylic acids is 2. The van der Waals surface area contributed by atoms with E-state index in [0.29, 0.717) is 104 Å². The van der Waals surface area contributed by atoms with Crippen molar-refractivity contribution < 1.29 is 81.7 Å². The average Bonchev–Trinajstić information content (AvgIpc) is 3.45. The van der Waals surface area contributed by atoms with E-state index in [1.54, 1.807) is 107 Å². The number of halogens is 2. The summed E-state index contributed by atoms with van der Waals surface area (Å²) >= 11 is 6.14. The molecule has 2 fully saturated rings. The summed E-state index contributed by atoms with van der Waals surface area (Å²) in [4.78, 5) is 81.9. The lowest BCUT2D eigenvalue weighted by molar-refractivity contribution is -0.135. The maximum absolute atomic E-state index is 12.3. The van der Waals surface area contributed by atoms with E-state index in [1.165, 1.54) is 54.0 Å². The Morgan fingerprint density at radius 1 is 0.528 bits per heavy atom. The third kappa shape index (κ3) is 26.6. The van der Waals surface area contributed by atoms with Crippen LogP contribution in [0.5, 0.6) is 23.0 Å². The highest BCUT2D eigenvalue weighted by molar-refractivity contribution is 9.09. The molecule has 2 aromatic heterocycles. The molecule has 4 amide bonds. The fourth-order valence-electron chi connectivity index (χ4n) is 7.72. The van der Waals surface area contributed by atoms with Gasteiger partial charge >= 0.3 is 17.9 Å². The third-order valence-corrected chi connectivity index (χ3v) is 12.6. The molecular formula is C60H74Br2N10O17. The topological polar surface area (TPSA) is 380 Å². The van der Waals surface area contributed by atoms with Crippen LogP contribution in [0.15, 0.2) is 97.2 Å². The Morgan fingerprint density at radius 3 is 1.16 bits per heavy atom. The van der Waals surface area contributed by atoms with Crippen LogP contribution >= 0.6 is 31.9 Å². The van der Waals surface area contributed by atoms with Crippen molar-refractivity contribution in [2.45, 2.75) is 24.9 Å². The molecule has 2 aliphatic heterocycles. The van der Waals surface area contributed by atoms with Gasteiger partial charge in [-0.2, -0.15) is 10.2 Å². The number of aromatic nitrogens is 4. The van der Waals surface area contributed by atoms with Crippen molar-refractivity contribution >= 4 is 85.0 Å². The molecule has 2 aliphatic rings. The number of alkyl halides is 2. The zero-order valence-corrected chi connectivity index (χ0v) is 53.6. The van der Waals surface area contributed by atoms with Gasteiger partial charge in [0.05, 0.1) is 67.5 Å². The van der Waals surface area contributed by atoms with Gasteiger partial charge in [-0.3, -0.25) is 19.2 Å². The predicted octanol–water partition coefficient (Wildman–Crippen LogP) is 4.32. The largest absolute Gasteiger partial charge is 0.497 e.